The first-order chi connectivity index (χ1) is 12.0. The van der Waals surface area contributed by atoms with E-state index < -0.39 is 10.0 Å². The molecule has 1 heterocycles. The number of nitrogens with zero attached hydrogens (tertiary/aromatic N) is 2. The van der Waals surface area contributed by atoms with Gasteiger partial charge >= 0.3 is 0 Å². The standard InChI is InChI=1S/C19H21N3O2S.ClH/c1-14-7-8-15(10-20)9-19(14)25(23,24)22-12-17(11-21)18(13-22)16-5-3-2-4-6-16;/h2-9,17-18H,11-13,21H2,1H3;1H/t17-,18+;/m1./s1. The van der Waals surface area contributed by atoms with Gasteiger partial charge in [-0.2, -0.15) is 9.57 Å². The number of nitrogens with two attached hydrogens (primary N) is 1. The van der Waals surface area contributed by atoms with E-state index in [-0.39, 0.29) is 29.1 Å². The molecule has 0 spiro atoms. The molecule has 0 amide bonds. The highest BCUT2D eigenvalue weighted by atomic mass is 35.5. The zero-order valence-electron chi connectivity index (χ0n) is 14.5. The molecule has 1 fully saturated rings. The van der Waals surface area contributed by atoms with E-state index in [4.69, 9.17) is 11.0 Å². The van der Waals surface area contributed by atoms with Crippen molar-refractivity contribution in [3.05, 3.63) is 65.2 Å². The number of rotatable bonds is 4. The lowest BCUT2D eigenvalue weighted by Gasteiger charge is -2.18. The number of nitriles is 1. The number of hydrogen-bond donors (Lipinski definition) is 1. The van der Waals surface area contributed by atoms with Gasteiger partial charge in [0.25, 0.3) is 0 Å². The smallest absolute Gasteiger partial charge is 0.243 e. The van der Waals surface area contributed by atoms with Gasteiger partial charge in [-0.05, 0) is 42.6 Å². The number of benzene rings is 2. The Balaban J connectivity index is 0.00000243. The topological polar surface area (TPSA) is 87.2 Å². The van der Waals surface area contributed by atoms with E-state index in [1.54, 1.807) is 19.1 Å². The van der Waals surface area contributed by atoms with E-state index in [9.17, 15) is 8.42 Å². The summed E-state index contributed by atoms with van der Waals surface area (Å²) >= 11 is 0. The summed E-state index contributed by atoms with van der Waals surface area (Å²) in [4.78, 5) is 0.205. The minimum atomic E-state index is -3.66. The molecule has 0 aliphatic carbocycles. The van der Waals surface area contributed by atoms with Crippen LogP contribution in [0, 0.1) is 24.2 Å². The van der Waals surface area contributed by atoms with E-state index in [0.717, 1.165) is 5.56 Å². The van der Waals surface area contributed by atoms with Gasteiger partial charge in [-0.1, -0.05) is 36.4 Å². The van der Waals surface area contributed by atoms with Crippen LogP contribution in [-0.2, 0) is 10.0 Å². The van der Waals surface area contributed by atoms with E-state index in [1.807, 2.05) is 36.4 Å². The van der Waals surface area contributed by atoms with Gasteiger partial charge < -0.3 is 5.73 Å². The first-order valence-corrected chi connectivity index (χ1v) is 9.67. The van der Waals surface area contributed by atoms with Crippen LogP contribution in [0.1, 0.15) is 22.6 Å². The normalized spacial score (nSPS) is 20.3. The molecule has 5 nitrogen and oxygen atoms in total. The maximum Gasteiger partial charge on any atom is 0.243 e. The molecular formula is C19H22ClN3O2S. The molecule has 2 aromatic rings. The van der Waals surface area contributed by atoms with Crippen LogP contribution in [0.5, 0.6) is 0 Å². The summed E-state index contributed by atoms with van der Waals surface area (Å²) in [5, 5.41) is 9.08. The molecule has 1 aliphatic rings. The second-order valence-corrected chi connectivity index (χ2v) is 8.33. The molecule has 1 saturated heterocycles. The van der Waals surface area contributed by atoms with E-state index >= 15 is 0 Å². The third-order valence-electron chi connectivity index (χ3n) is 4.87. The average Bonchev–Trinajstić information content (AvgIpc) is 3.08. The van der Waals surface area contributed by atoms with Crippen molar-refractivity contribution >= 4 is 22.4 Å². The van der Waals surface area contributed by atoms with Gasteiger partial charge in [0.2, 0.25) is 10.0 Å². The quantitative estimate of drug-likeness (QED) is 0.867. The third-order valence-corrected chi connectivity index (χ3v) is 6.85. The molecule has 26 heavy (non-hydrogen) atoms. The summed E-state index contributed by atoms with van der Waals surface area (Å²) < 4.78 is 27.8. The van der Waals surface area contributed by atoms with Crippen LogP contribution < -0.4 is 5.73 Å². The van der Waals surface area contributed by atoms with Crippen LogP contribution in [0.4, 0.5) is 0 Å². The molecule has 138 valence electrons. The number of halogens is 1. The highest BCUT2D eigenvalue weighted by Crippen LogP contribution is 2.35. The van der Waals surface area contributed by atoms with Crippen LogP contribution >= 0.6 is 12.4 Å². The molecule has 2 atom stereocenters. The molecule has 2 aromatic carbocycles. The Hall–Kier alpha value is -1.91. The minimum Gasteiger partial charge on any atom is -0.330 e. The third kappa shape index (κ3) is 3.76. The van der Waals surface area contributed by atoms with Crippen molar-refractivity contribution < 1.29 is 8.42 Å². The Bertz CT molecular complexity index is 910. The van der Waals surface area contributed by atoms with Gasteiger partial charge in [-0.25, -0.2) is 8.42 Å². The number of hydrogen-bond acceptors (Lipinski definition) is 4. The van der Waals surface area contributed by atoms with E-state index in [0.29, 0.717) is 30.8 Å². The zero-order chi connectivity index (χ0) is 18.0. The highest BCUT2D eigenvalue weighted by Gasteiger charge is 2.39. The van der Waals surface area contributed by atoms with Gasteiger partial charge in [0.05, 0.1) is 16.5 Å². The maximum absolute atomic E-state index is 13.1. The predicted molar refractivity (Wildman–Crippen MR) is 104 cm³/mol. The molecule has 2 N–H and O–H groups in total. The summed E-state index contributed by atoms with van der Waals surface area (Å²) in [5.74, 6) is 0.164. The first-order valence-electron chi connectivity index (χ1n) is 8.23. The van der Waals surface area contributed by atoms with Crippen molar-refractivity contribution in [2.45, 2.75) is 17.7 Å². The summed E-state index contributed by atoms with van der Waals surface area (Å²) in [6.07, 6.45) is 0. The van der Waals surface area contributed by atoms with E-state index in [2.05, 4.69) is 0 Å². The Labute approximate surface area is 160 Å². The summed E-state index contributed by atoms with van der Waals surface area (Å²) in [6, 6.07) is 16.7. The Morgan fingerprint density at radius 2 is 1.88 bits per heavy atom. The summed E-state index contributed by atoms with van der Waals surface area (Å²) in [6.45, 7) is 2.99. The lowest BCUT2D eigenvalue weighted by molar-refractivity contribution is 0.458. The number of sulfonamides is 1. The van der Waals surface area contributed by atoms with Gasteiger partial charge in [0.15, 0.2) is 0 Å². The molecule has 0 radical (unpaired) electrons. The van der Waals surface area contributed by atoms with Crippen LogP contribution in [-0.4, -0.2) is 32.4 Å². The van der Waals surface area contributed by atoms with Gasteiger partial charge in [0, 0.05) is 19.0 Å². The SMILES string of the molecule is Cc1ccc(C#N)cc1S(=O)(=O)N1C[C@@H](CN)[C@H](c2ccccc2)C1.Cl. The lowest BCUT2D eigenvalue weighted by Crippen LogP contribution is -2.30. The summed E-state index contributed by atoms with van der Waals surface area (Å²) in [7, 11) is -3.66. The minimum absolute atomic E-state index is 0. The van der Waals surface area contributed by atoms with E-state index in [1.165, 1.54) is 10.4 Å². The van der Waals surface area contributed by atoms with Crippen molar-refractivity contribution in [3.8, 4) is 6.07 Å². The van der Waals surface area contributed by atoms with Gasteiger partial charge in [-0.15, -0.1) is 12.4 Å². The molecule has 0 unspecified atom stereocenters. The molecule has 7 heteroatoms. The van der Waals surface area contributed by atoms with Gasteiger partial charge in [0.1, 0.15) is 0 Å². The number of aryl methyl sites for hydroxylation is 1. The van der Waals surface area contributed by atoms with Crippen molar-refractivity contribution in [3.63, 3.8) is 0 Å². The summed E-state index contributed by atoms with van der Waals surface area (Å²) in [5.41, 5.74) is 8.02. The second kappa shape index (κ2) is 8.19. The van der Waals surface area contributed by atoms with Gasteiger partial charge in [-0.3, -0.25) is 0 Å². The Morgan fingerprint density at radius 3 is 2.50 bits per heavy atom. The molecule has 0 saturated carbocycles. The fourth-order valence-corrected chi connectivity index (χ4v) is 5.20. The fourth-order valence-electron chi connectivity index (χ4n) is 3.43. The average molecular weight is 392 g/mol. The zero-order valence-corrected chi connectivity index (χ0v) is 16.1. The monoisotopic (exact) mass is 391 g/mol. The molecule has 1 aliphatic heterocycles. The van der Waals surface area contributed by atoms with Crippen LogP contribution in [0.25, 0.3) is 0 Å². The van der Waals surface area contributed by atoms with Crippen LogP contribution in [0.2, 0.25) is 0 Å². The second-order valence-electron chi connectivity index (χ2n) is 6.43. The Kier molecular flexibility index (Phi) is 6.43. The van der Waals surface area contributed by atoms with Crippen molar-refractivity contribution in [2.24, 2.45) is 11.7 Å². The molecular weight excluding hydrogens is 370 g/mol. The van der Waals surface area contributed by atoms with Crippen molar-refractivity contribution in [1.82, 2.24) is 4.31 Å². The van der Waals surface area contributed by atoms with Crippen molar-refractivity contribution in [1.29, 1.82) is 5.26 Å². The predicted octanol–water partition coefficient (Wildman–Crippen LogP) is 2.65. The molecule has 0 aromatic heterocycles. The van der Waals surface area contributed by atoms with Crippen LogP contribution in [0.3, 0.4) is 0 Å². The maximum atomic E-state index is 13.1. The first kappa shape index (κ1) is 20.4. The highest BCUT2D eigenvalue weighted by molar-refractivity contribution is 7.89. The molecule has 3 rings (SSSR count). The Morgan fingerprint density at radius 1 is 1.19 bits per heavy atom. The molecule has 0 bridgehead atoms. The van der Waals surface area contributed by atoms with Crippen LogP contribution in [0.15, 0.2) is 53.4 Å². The lowest BCUT2D eigenvalue weighted by atomic mass is 9.89. The largest absolute Gasteiger partial charge is 0.330 e. The fraction of sp³-hybridized carbons (Fsp3) is 0.316. The van der Waals surface area contributed by atoms with Crippen molar-refractivity contribution in [2.75, 3.05) is 19.6 Å².